The van der Waals surface area contributed by atoms with Crippen molar-refractivity contribution >= 4 is 28.8 Å². The van der Waals surface area contributed by atoms with Crippen LogP contribution in [0.2, 0.25) is 0 Å². The molecule has 2 saturated heterocycles. The van der Waals surface area contributed by atoms with Crippen LogP contribution in [0.25, 0.3) is 10.9 Å². The molecule has 8 heteroatoms. The molecule has 2 aromatic rings. The van der Waals surface area contributed by atoms with Crippen LogP contribution in [-0.2, 0) is 4.79 Å². The largest absolute Gasteiger partial charge is 0.450 e. The van der Waals surface area contributed by atoms with Gasteiger partial charge < -0.3 is 20.3 Å². The summed E-state index contributed by atoms with van der Waals surface area (Å²) in [5.41, 5.74) is 2.05. The van der Waals surface area contributed by atoms with Crippen LogP contribution in [0.5, 0.6) is 6.01 Å². The summed E-state index contributed by atoms with van der Waals surface area (Å²) in [5.74, 6) is -0.148. The molecular weight excluding hydrogens is 334 g/mol. The number of carbonyl (C=O) groups is 2. The smallest absolute Gasteiger partial charge is 0.317 e. The van der Waals surface area contributed by atoms with Gasteiger partial charge in [0.25, 0.3) is 5.91 Å². The van der Waals surface area contributed by atoms with Gasteiger partial charge in [-0.3, -0.25) is 9.59 Å². The van der Waals surface area contributed by atoms with E-state index in [1.54, 1.807) is 12.3 Å². The number of carbonyl (C=O) groups excluding carboxylic acids is 2. The van der Waals surface area contributed by atoms with Gasteiger partial charge in [-0.2, -0.15) is 4.98 Å². The average Bonchev–Trinajstić information content (AvgIpc) is 2.69. The van der Waals surface area contributed by atoms with Crippen molar-refractivity contribution in [2.75, 3.05) is 37.6 Å². The van der Waals surface area contributed by atoms with Gasteiger partial charge >= 0.3 is 6.01 Å². The minimum Gasteiger partial charge on any atom is -0.450 e. The van der Waals surface area contributed by atoms with E-state index in [1.807, 2.05) is 6.07 Å². The van der Waals surface area contributed by atoms with E-state index in [9.17, 15) is 9.59 Å². The monoisotopic (exact) mass is 355 g/mol. The highest BCUT2D eigenvalue weighted by molar-refractivity contribution is 6.01. The maximum atomic E-state index is 11.9. The fraction of sp³-hybridized carbons (Fsp3) is 0.444. The summed E-state index contributed by atoms with van der Waals surface area (Å²) < 4.78 is 5.69. The van der Waals surface area contributed by atoms with Gasteiger partial charge in [0.15, 0.2) is 12.4 Å². The molecular formula is C18H21N5O3. The lowest BCUT2D eigenvalue weighted by Gasteiger charge is -2.30. The minimum atomic E-state index is -0.586. The predicted molar refractivity (Wildman–Crippen MR) is 96.7 cm³/mol. The zero-order valence-electron chi connectivity index (χ0n) is 14.4. The van der Waals surface area contributed by atoms with E-state index in [1.165, 1.54) is 0 Å². The Morgan fingerprint density at radius 1 is 1.23 bits per heavy atom. The van der Waals surface area contributed by atoms with Gasteiger partial charge in [-0.1, -0.05) is 0 Å². The number of piperazine rings is 1. The Balaban J connectivity index is 1.69. The second-order valence-corrected chi connectivity index (χ2v) is 6.48. The van der Waals surface area contributed by atoms with Crippen molar-refractivity contribution in [1.82, 2.24) is 20.6 Å². The second-order valence-electron chi connectivity index (χ2n) is 6.48. The standard InChI is InChI=1S/C18H21N5O3/c24-11-12-3-4-14(23-8-6-19-7-9-23)13-10-21-18(22-16(12)13)26-15-2-1-5-20-17(15)25/h3-4,10-11,15,19H,1-2,5-9H2,(H,20,25). The Labute approximate surface area is 150 Å². The zero-order chi connectivity index (χ0) is 17.9. The van der Waals surface area contributed by atoms with Crippen molar-refractivity contribution in [2.45, 2.75) is 18.9 Å². The Bertz CT molecular complexity index is 835. The van der Waals surface area contributed by atoms with Crippen LogP contribution in [0.15, 0.2) is 18.3 Å². The van der Waals surface area contributed by atoms with Gasteiger partial charge in [-0.25, -0.2) is 4.98 Å². The van der Waals surface area contributed by atoms with Crippen LogP contribution >= 0.6 is 0 Å². The highest BCUT2D eigenvalue weighted by atomic mass is 16.5. The van der Waals surface area contributed by atoms with Crippen molar-refractivity contribution in [3.05, 3.63) is 23.9 Å². The Morgan fingerprint density at radius 2 is 2.08 bits per heavy atom. The Hall–Kier alpha value is -2.74. The minimum absolute atomic E-state index is 0.125. The number of nitrogens with zero attached hydrogens (tertiary/aromatic N) is 3. The molecule has 2 aliphatic rings. The first-order chi connectivity index (χ1) is 12.8. The van der Waals surface area contributed by atoms with Gasteiger partial charge in [-0.05, 0) is 25.0 Å². The molecule has 1 aromatic heterocycles. The van der Waals surface area contributed by atoms with Crippen LogP contribution in [0.1, 0.15) is 23.2 Å². The summed E-state index contributed by atoms with van der Waals surface area (Å²) in [6, 6.07) is 3.84. The molecule has 0 radical (unpaired) electrons. The van der Waals surface area contributed by atoms with Crippen LogP contribution in [0.3, 0.4) is 0 Å². The van der Waals surface area contributed by atoms with Crippen LogP contribution < -0.4 is 20.3 Å². The third-order valence-corrected chi connectivity index (χ3v) is 4.80. The molecule has 26 heavy (non-hydrogen) atoms. The Kier molecular flexibility index (Phi) is 4.66. The first-order valence-electron chi connectivity index (χ1n) is 8.91. The number of aromatic nitrogens is 2. The van der Waals surface area contributed by atoms with Crippen molar-refractivity contribution in [1.29, 1.82) is 0 Å². The maximum Gasteiger partial charge on any atom is 0.317 e. The van der Waals surface area contributed by atoms with E-state index >= 15 is 0 Å². The molecule has 0 aliphatic carbocycles. The summed E-state index contributed by atoms with van der Waals surface area (Å²) in [6.45, 7) is 4.26. The lowest BCUT2D eigenvalue weighted by atomic mass is 10.1. The molecule has 2 fully saturated rings. The van der Waals surface area contributed by atoms with E-state index in [0.29, 0.717) is 24.0 Å². The van der Waals surface area contributed by atoms with Crippen molar-refractivity contribution in [2.24, 2.45) is 0 Å². The number of benzene rings is 1. The summed E-state index contributed by atoms with van der Waals surface area (Å²) in [5, 5.41) is 6.92. The molecule has 1 amide bonds. The van der Waals surface area contributed by atoms with Gasteiger partial charge in [-0.15, -0.1) is 0 Å². The third-order valence-electron chi connectivity index (χ3n) is 4.80. The number of anilines is 1. The number of ether oxygens (including phenoxy) is 1. The van der Waals surface area contributed by atoms with Crippen molar-refractivity contribution < 1.29 is 14.3 Å². The normalized spacial score (nSPS) is 20.7. The number of aldehydes is 1. The number of nitrogens with one attached hydrogen (secondary N) is 2. The molecule has 3 heterocycles. The first-order valence-corrected chi connectivity index (χ1v) is 8.91. The van der Waals surface area contributed by atoms with E-state index < -0.39 is 6.10 Å². The fourth-order valence-electron chi connectivity index (χ4n) is 3.43. The van der Waals surface area contributed by atoms with Gasteiger partial charge in [0.05, 0.1) is 5.52 Å². The molecule has 8 nitrogen and oxygen atoms in total. The molecule has 2 N–H and O–H groups in total. The fourth-order valence-corrected chi connectivity index (χ4v) is 3.43. The number of rotatable bonds is 4. The van der Waals surface area contributed by atoms with Crippen LogP contribution in [0.4, 0.5) is 5.69 Å². The summed E-state index contributed by atoms with van der Waals surface area (Å²) in [6.07, 6.45) is 3.37. The quantitative estimate of drug-likeness (QED) is 0.772. The van der Waals surface area contributed by atoms with E-state index in [0.717, 1.165) is 50.0 Å². The van der Waals surface area contributed by atoms with Gasteiger partial charge in [0.1, 0.15) is 0 Å². The van der Waals surface area contributed by atoms with Gasteiger partial charge in [0, 0.05) is 55.6 Å². The van der Waals surface area contributed by atoms with Crippen LogP contribution in [0, 0.1) is 0 Å². The molecule has 4 rings (SSSR count). The highest BCUT2D eigenvalue weighted by Crippen LogP contribution is 2.29. The van der Waals surface area contributed by atoms with Gasteiger partial charge in [0.2, 0.25) is 0 Å². The first kappa shape index (κ1) is 16.7. The number of fused-ring (bicyclic) bond motifs is 1. The number of hydrogen-bond acceptors (Lipinski definition) is 7. The molecule has 0 spiro atoms. The third kappa shape index (κ3) is 3.20. The summed E-state index contributed by atoms with van der Waals surface area (Å²) in [4.78, 5) is 34.4. The summed E-state index contributed by atoms with van der Waals surface area (Å²) >= 11 is 0. The van der Waals surface area contributed by atoms with Crippen molar-refractivity contribution in [3.63, 3.8) is 0 Å². The molecule has 2 aliphatic heterocycles. The SMILES string of the molecule is O=Cc1ccc(N2CCNCC2)c2cnc(OC3CCCNC3=O)nc12. The molecule has 0 saturated carbocycles. The zero-order valence-corrected chi connectivity index (χ0v) is 14.4. The lowest BCUT2D eigenvalue weighted by molar-refractivity contribution is -0.130. The second kappa shape index (κ2) is 7.25. The van der Waals surface area contributed by atoms with E-state index in [4.69, 9.17) is 4.74 Å². The van der Waals surface area contributed by atoms with E-state index in [2.05, 4.69) is 25.5 Å². The Morgan fingerprint density at radius 3 is 2.85 bits per heavy atom. The summed E-state index contributed by atoms with van der Waals surface area (Å²) in [7, 11) is 0. The number of piperidine rings is 1. The van der Waals surface area contributed by atoms with E-state index in [-0.39, 0.29) is 11.9 Å². The topological polar surface area (TPSA) is 96.5 Å². The number of hydrogen-bond donors (Lipinski definition) is 2. The predicted octanol–water partition coefficient (Wildman–Crippen LogP) is 0.509. The molecule has 136 valence electrons. The molecule has 0 bridgehead atoms. The van der Waals surface area contributed by atoms with Crippen LogP contribution in [-0.4, -0.2) is 61.0 Å². The van der Waals surface area contributed by atoms with Crippen molar-refractivity contribution in [3.8, 4) is 6.01 Å². The average molecular weight is 355 g/mol. The molecule has 1 atom stereocenters. The highest BCUT2D eigenvalue weighted by Gasteiger charge is 2.25. The molecule has 1 unspecified atom stereocenters. The number of amides is 1. The lowest BCUT2D eigenvalue weighted by Crippen LogP contribution is -2.43. The molecule has 1 aromatic carbocycles. The maximum absolute atomic E-state index is 11.9.